The monoisotopic (exact) mass is 257 g/mol. The zero-order valence-electron chi connectivity index (χ0n) is 9.83. The second-order valence-corrected chi connectivity index (χ2v) is 4.44. The van der Waals surface area contributed by atoms with Crippen LogP contribution in [0.1, 0.15) is 35.2 Å². The van der Waals surface area contributed by atoms with Gasteiger partial charge in [-0.25, -0.2) is 0 Å². The Morgan fingerprint density at radius 2 is 1.78 bits per heavy atom. The molecule has 0 bridgehead atoms. The predicted molar refractivity (Wildman–Crippen MR) is 62.9 cm³/mol. The molecular formula is C13H14F3NO. The minimum Gasteiger partial charge on any atom is -0.371 e. The molecule has 18 heavy (non-hydrogen) atoms. The first-order chi connectivity index (χ1) is 8.52. The van der Waals surface area contributed by atoms with Crippen LogP contribution >= 0.6 is 0 Å². The molecule has 1 heterocycles. The van der Waals surface area contributed by atoms with E-state index in [1.54, 1.807) is 4.90 Å². The number of aldehydes is 1. The number of anilines is 1. The Hall–Kier alpha value is -1.52. The number of rotatable bonds is 2. The molecule has 1 fully saturated rings. The Morgan fingerprint density at radius 3 is 2.33 bits per heavy atom. The van der Waals surface area contributed by atoms with Gasteiger partial charge in [-0.3, -0.25) is 4.79 Å². The van der Waals surface area contributed by atoms with Gasteiger partial charge < -0.3 is 4.90 Å². The average Bonchev–Trinajstić information content (AvgIpc) is 2.38. The molecule has 0 amide bonds. The third-order valence-corrected chi connectivity index (χ3v) is 3.16. The summed E-state index contributed by atoms with van der Waals surface area (Å²) in [6, 6.07) is 3.76. The van der Waals surface area contributed by atoms with Crippen molar-refractivity contribution in [3.8, 4) is 0 Å². The number of benzene rings is 1. The van der Waals surface area contributed by atoms with E-state index in [2.05, 4.69) is 0 Å². The van der Waals surface area contributed by atoms with Crippen molar-refractivity contribution >= 4 is 12.0 Å². The third kappa shape index (κ3) is 2.66. The molecule has 98 valence electrons. The summed E-state index contributed by atoms with van der Waals surface area (Å²) >= 11 is 0. The minimum absolute atomic E-state index is 0.0584. The van der Waals surface area contributed by atoms with Crippen molar-refractivity contribution in [2.75, 3.05) is 18.0 Å². The van der Waals surface area contributed by atoms with E-state index in [1.165, 1.54) is 12.1 Å². The fraction of sp³-hybridized carbons (Fsp3) is 0.462. The van der Waals surface area contributed by atoms with E-state index in [0.717, 1.165) is 25.3 Å². The fourth-order valence-electron chi connectivity index (χ4n) is 2.26. The van der Waals surface area contributed by atoms with Crippen molar-refractivity contribution < 1.29 is 18.0 Å². The maximum Gasteiger partial charge on any atom is 0.418 e. The molecule has 2 nitrogen and oxygen atoms in total. The van der Waals surface area contributed by atoms with Gasteiger partial charge in [0.1, 0.15) is 6.29 Å². The fourth-order valence-corrected chi connectivity index (χ4v) is 2.26. The van der Waals surface area contributed by atoms with Crippen LogP contribution < -0.4 is 4.90 Å². The van der Waals surface area contributed by atoms with Crippen molar-refractivity contribution in [2.45, 2.75) is 25.4 Å². The molecule has 1 aromatic rings. The highest BCUT2D eigenvalue weighted by Gasteiger charge is 2.35. The number of hydrogen-bond acceptors (Lipinski definition) is 2. The summed E-state index contributed by atoms with van der Waals surface area (Å²) in [5.74, 6) is 0. The van der Waals surface area contributed by atoms with E-state index < -0.39 is 11.7 Å². The van der Waals surface area contributed by atoms with E-state index in [-0.39, 0.29) is 11.3 Å². The molecule has 0 unspecified atom stereocenters. The number of hydrogen-bond donors (Lipinski definition) is 0. The van der Waals surface area contributed by atoms with Crippen LogP contribution in [0, 0.1) is 0 Å². The van der Waals surface area contributed by atoms with Crippen LogP contribution in [0.4, 0.5) is 18.9 Å². The van der Waals surface area contributed by atoms with Crippen LogP contribution in [-0.2, 0) is 6.18 Å². The first-order valence-corrected chi connectivity index (χ1v) is 5.94. The molecule has 1 aliphatic rings. The second-order valence-electron chi connectivity index (χ2n) is 4.44. The first-order valence-electron chi connectivity index (χ1n) is 5.94. The lowest BCUT2D eigenvalue weighted by molar-refractivity contribution is -0.137. The summed E-state index contributed by atoms with van der Waals surface area (Å²) in [7, 11) is 0. The van der Waals surface area contributed by atoms with Crippen molar-refractivity contribution in [1.29, 1.82) is 0 Å². The third-order valence-electron chi connectivity index (χ3n) is 3.16. The highest BCUT2D eigenvalue weighted by atomic mass is 19.4. The van der Waals surface area contributed by atoms with E-state index in [4.69, 9.17) is 0 Å². The number of halogens is 3. The molecule has 0 saturated carbocycles. The number of carbonyl (C=O) groups is 1. The van der Waals surface area contributed by atoms with Crippen LogP contribution in [0.15, 0.2) is 18.2 Å². The van der Waals surface area contributed by atoms with Crippen LogP contribution in [0.2, 0.25) is 0 Å². The standard InChI is InChI=1S/C13H14F3NO/c14-13(15,16)11-8-10(9-18)4-5-12(11)17-6-2-1-3-7-17/h4-5,8-9H,1-3,6-7H2. The summed E-state index contributed by atoms with van der Waals surface area (Å²) in [4.78, 5) is 12.3. The molecule has 0 N–H and O–H groups in total. The van der Waals surface area contributed by atoms with Gasteiger partial charge in [0.25, 0.3) is 0 Å². The van der Waals surface area contributed by atoms with Crippen LogP contribution in [0.3, 0.4) is 0 Å². The van der Waals surface area contributed by atoms with E-state index >= 15 is 0 Å². The van der Waals surface area contributed by atoms with Gasteiger partial charge in [-0.15, -0.1) is 0 Å². The van der Waals surface area contributed by atoms with Crippen LogP contribution in [0.25, 0.3) is 0 Å². The van der Waals surface area contributed by atoms with Crippen molar-refractivity contribution in [1.82, 2.24) is 0 Å². The Morgan fingerprint density at radius 1 is 1.11 bits per heavy atom. The molecule has 1 aliphatic heterocycles. The van der Waals surface area contributed by atoms with Gasteiger partial charge in [0.15, 0.2) is 0 Å². The van der Waals surface area contributed by atoms with Crippen molar-refractivity contribution in [2.24, 2.45) is 0 Å². The maximum atomic E-state index is 13.0. The predicted octanol–water partition coefficient (Wildman–Crippen LogP) is 3.51. The minimum atomic E-state index is -4.42. The second kappa shape index (κ2) is 5.00. The van der Waals surface area contributed by atoms with Gasteiger partial charge in [0.05, 0.1) is 5.56 Å². The highest BCUT2D eigenvalue weighted by molar-refractivity contribution is 5.77. The lowest BCUT2D eigenvalue weighted by Crippen LogP contribution is -2.31. The lowest BCUT2D eigenvalue weighted by Gasteiger charge is -2.31. The van der Waals surface area contributed by atoms with E-state index in [1.807, 2.05) is 0 Å². The van der Waals surface area contributed by atoms with E-state index in [9.17, 15) is 18.0 Å². The Balaban J connectivity index is 2.41. The molecular weight excluding hydrogens is 243 g/mol. The quantitative estimate of drug-likeness (QED) is 0.756. The molecule has 0 spiro atoms. The topological polar surface area (TPSA) is 20.3 Å². The highest BCUT2D eigenvalue weighted by Crippen LogP contribution is 2.37. The van der Waals surface area contributed by atoms with Crippen LogP contribution in [-0.4, -0.2) is 19.4 Å². The first kappa shape index (κ1) is 12.9. The van der Waals surface area contributed by atoms with Crippen LogP contribution in [0.5, 0.6) is 0 Å². The van der Waals surface area contributed by atoms with Gasteiger partial charge in [-0.1, -0.05) is 0 Å². The maximum absolute atomic E-state index is 13.0. The van der Waals surface area contributed by atoms with Gasteiger partial charge in [0, 0.05) is 24.3 Å². The summed E-state index contributed by atoms with van der Waals surface area (Å²) < 4.78 is 38.9. The Kier molecular flexibility index (Phi) is 3.59. The molecule has 5 heteroatoms. The normalized spacial score (nSPS) is 16.7. The van der Waals surface area contributed by atoms with E-state index in [0.29, 0.717) is 19.4 Å². The number of alkyl halides is 3. The lowest BCUT2D eigenvalue weighted by atomic mass is 10.0. The summed E-state index contributed by atoms with van der Waals surface area (Å²) in [5.41, 5.74) is -0.468. The number of carbonyl (C=O) groups excluding carboxylic acids is 1. The molecule has 1 aromatic carbocycles. The molecule has 0 aliphatic carbocycles. The van der Waals surface area contributed by atoms with Crippen molar-refractivity contribution in [3.63, 3.8) is 0 Å². The largest absolute Gasteiger partial charge is 0.418 e. The number of piperidine rings is 1. The summed E-state index contributed by atoms with van der Waals surface area (Å²) in [5, 5.41) is 0. The zero-order valence-corrected chi connectivity index (χ0v) is 9.83. The SMILES string of the molecule is O=Cc1ccc(N2CCCCC2)c(C(F)(F)F)c1. The van der Waals surface area contributed by atoms with Gasteiger partial charge in [-0.2, -0.15) is 13.2 Å². The van der Waals surface area contributed by atoms with Crippen molar-refractivity contribution in [3.05, 3.63) is 29.3 Å². The Bertz CT molecular complexity index is 436. The summed E-state index contributed by atoms with van der Waals surface area (Å²) in [6.45, 7) is 1.28. The zero-order chi connectivity index (χ0) is 13.2. The summed E-state index contributed by atoms with van der Waals surface area (Å²) in [6.07, 6.45) is -1.11. The molecule has 0 aromatic heterocycles. The average molecular weight is 257 g/mol. The van der Waals surface area contributed by atoms with Gasteiger partial charge in [-0.05, 0) is 37.5 Å². The number of nitrogens with zero attached hydrogens (tertiary/aromatic N) is 1. The molecule has 0 atom stereocenters. The molecule has 2 rings (SSSR count). The Labute approximate surface area is 103 Å². The molecule has 0 radical (unpaired) electrons. The molecule has 1 saturated heterocycles. The van der Waals surface area contributed by atoms with Gasteiger partial charge in [0.2, 0.25) is 0 Å². The van der Waals surface area contributed by atoms with Gasteiger partial charge >= 0.3 is 6.18 Å². The smallest absolute Gasteiger partial charge is 0.371 e.